The first kappa shape index (κ1) is 21.0. The molecule has 0 radical (unpaired) electrons. The van der Waals surface area contributed by atoms with Crippen LogP contribution in [0.2, 0.25) is 0 Å². The van der Waals surface area contributed by atoms with Crippen LogP contribution in [0.1, 0.15) is 49.9 Å². The van der Waals surface area contributed by atoms with Crippen LogP contribution in [0.15, 0.2) is 20.4 Å². The standard InChI is InChI=1S/C20H28N4O5/c1-4-8-23-15(25)11-14(17(26)21-12-13-7-6-10-29-13)16-18(23)22(3)20(28)24(9-5-2)19(16)27/h11,13H,4-10,12H2,1-3H3,(H,21,26)/t13-/m1/s1. The maximum atomic E-state index is 13.2. The van der Waals surface area contributed by atoms with Gasteiger partial charge in [0.25, 0.3) is 17.0 Å². The van der Waals surface area contributed by atoms with Gasteiger partial charge in [-0.15, -0.1) is 0 Å². The van der Waals surface area contributed by atoms with Crippen LogP contribution in [0.4, 0.5) is 0 Å². The second-order valence-electron chi connectivity index (χ2n) is 7.39. The molecule has 9 nitrogen and oxygen atoms in total. The lowest BCUT2D eigenvalue weighted by molar-refractivity contribution is 0.0859. The zero-order chi connectivity index (χ0) is 21.1. The van der Waals surface area contributed by atoms with Gasteiger partial charge < -0.3 is 10.1 Å². The molecule has 0 spiro atoms. The zero-order valence-corrected chi connectivity index (χ0v) is 17.2. The van der Waals surface area contributed by atoms with Gasteiger partial charge >= 0.3 is 5.69 Å². The lowest BCUT2D eigenvalue weighted by Crippen LogP contribution is -2.43. The van der Waals surface area contributed by atoms with Gasteiger partial charge in [0.2, 0.25) is 0 Å². The number of nitrogens with one attached hydrogen (secondary N) is 1. The fraction of sp³-hybridized carbons (Fsp3) is 0.600. The van der Waals surface area contributed by atoms with Gasteiger partial charge in [0.05, 0.1) is 17.1 Å². The number of carbonyl (C=O) groups is 1. The van der Waals surface area contributed by atoms with E-state index in [1.54, 1.807) is 0 Å². The Labute approximate surface area is 167 Å². The lowest BCUT2D eigenvalue weighted by atomic mass is 10.1. The number of amides is 1. The quantitative estimate of drug-likeness (QED) is 0.727. The van der Waals surface area contributed by atoms with E-state index in [4.69, 9.17) is 4.74 Å². The van der Waals surface area contributed by atoms with Crippen molar-refractivity contribution in [1.29, 1.82) is 0 Å². The van der Waals surface area contributed by atoms with Crippen molar-refractivity contribution in [2.45, 2.75) is 58.7 Å². The molecule has 3 rings (SSSR count). The number of carbonyl (C=O) groups excluding carboxylic acids is 1. The number of pyridine rings is 1. The Morgan fingerprint density at radius 1 is 1.17 bits per heavy atom. The van der Waals surface area contributed by atoms with Crippen LogP contribution in [0.3, 0.4) is 0 Å². The number of fused-ring (bicyclic) bond motifs is 1. The van der Waals surface area contributed by atoms with Crippen molar-refractivity contribution in [3.05, 3.63) is 42.8 Å². The summed E-state index contributed by atoms with van der Waals surface area (Å²) in [5, 5.41) is 2.87. The molecule has 1 aliphatic rings. The molecule has 2 aromatic heterocycles. The Bertz CT molecular complexity index is 1090. The summed E-state index contributed by atoms with van der Waals surface area (Å²) in [6.07, 6.45) is 2.98. The molecule has 1 atom stereocenters. The first-order valence-electron chi connectivity index (χ1n) is 10.2. The van der Waals surface area contributed by atoms with E-state index in [0.717, 1.165) is 17.4 Å². The van der Waals surface area contributed by atoms with E-state index >= 15 is 0 Å². The minimum atomic E-state index is -0.544. The molecule has 1 N–H and O–H groups in total. The van der Waals surface area contributed by atoms with Crippen LogP contribution in [0, 0.1) is 0 Å². The van der Waals surface area contributed by atoms with Gasteiger partial charge in [-0.25, -0.2) is 4.79 Å². The Hall–Kier alpha value is -2.68. The summed E-state index contributed by atoms with van der Waals surface area (Å²) in [5.74, 6) is -0.509. The van der Waals surface area contributed by atoms with Gasteiger partial charge in [-0.1, -0.05) is 13.8 Å². The third-order valence-corrected chi connectivity index (χ3v) is 5.23. The normalized spacial score (nSPS) is 16.4. The number of rotatable bonds is 7. The Morgan fingerprint density at radius 2 is 1.86 bits per heavy atom. The van der Waals surface area contributed by atoms with E-state index < -0.39 is 22.7 Å². The van der Waals surface area contributed by atoms with E-state index in [1.165, 1.54) is 22.2 Å². The second kappa shape index (κ2) is 8.77. The van der Waals surface area contributed by atoms with Crippen LogP contribution >= 0.6 is 0 Å². The Kier molecular flexibility index (Phi) is 6.36. The van der Waals surface area contributed by atoms with E-state index in [1.807, 2.05) is 13.8 Å². The molecule has 2 aromatic rings. The summed E-state index contributed by atoms with van der Waals surface area (Å²) >= 11 is 0. The minimum Gasteiger partial charge on any atom is -0.376 e. The lowest BCUT2D eigenvalue weighted by Gasteiger charge is -2.17. The third-order valence-electron chi connectivity index (χ3n) is 5.23. The van der Waals surface area contributed by atoms with Crippen molar-refractivity contribution in [2.24, 2.45) is 7.05 Å². The van der Waals surface area contributed by atoms with Gasteiger partial charge in [0.15, 0.2) is 0 Å². The molecule has 1 saturated heterocycles. The number of aryl methyl sites for hydroxylation is 2. The fourth-order valence-corrected chi connectivity index (χ4v) is 3.83. The minimum absolute atomic E-state index is 0.000744. The van der Waals surface area contributed by atoms with Gasteiger partial charge in [-0.2, -0.15) is 0 Å². The highest BCUT2D eigenvalue weighted by Crippen LogP contribution is 2.14. The maximum absolute atomic E-state index is 13.2. The summed E-state index contributed by atoms with van der Waals surface area (Å²) in [7, 11) is 1.52. The molecule has 3 heterocycles. The highest BCUT2D eigenvalue weighted by molar-refractivity contribution is 6.05. The summed E-state index contributed by atoms with van der Waals surface area (Å²) in [4.78, 5) is 51.5. The highest BCUT2D eigenvalue weighted by atomic mass is 16.5. The van der Waals surface area contributed by atoms with Crippen molar-refractivity contribution in [1.82, 2.24) is 19.0 Å². The summed E-state index contributed by atoms with van der Waals surface area (Å²) in [6.45, 7) is 5.33. The van der Waals surface area contributed by atoms with Crippen LogP contribution < -0.4 is 22.1 Å². The van der Waals surface area contributed by atoms with Crippen LogP contribution in [-0.2, 0) is 24.9 Å². The molecule has 29 heavy (non-hydrogen) atoms. The molecule has 9 heteroatoms. The molecular formula is C20H28N4O5. The molecular weight excluding hydrogens is 376 g/mol. The first-order chi connectivity index (χ1) is 13.9. The predicted molar refractivity (Wildman–Crippen MR) is 110 cm³/mol. The fourth-order valence-electron chi connectivity index (χ4n) is 3.83. The van der Waals surface area contributed by atoms with Crippen molar-refractivity contribution < 1.29 is 9.53 Å². The van der Waals surface area contributed by atoms with Crippen LogP contribution in [0.5, 0.6) is 0 Å². The van der Waals surface area contributed by atoms with Crippen molar-refractivity contribution in [3.63, 3.8) is 0 Å². The number of hydrogen-bond donors (Lipinski definition) is 1. The van der Waals surface area contributed by atoms with E-state index in [-0.39, 0.29) is 29.2 Å². The molecule has 1 aliphatic heterocycles. The first-order valence-corrected chi connectivity index (χ1v) is 10.2. The van der Waals surface area contributed by atoms with Crippen molar-refractivity contribution >= 4 is 16.9 Å². The van der Waals surface area contributed by atoms with E-state index in [0.29, 0.717) is 32.5 Å². The Morgan fingerprint density at radius 3 is 2.48 bits per heavy atom. The number of ether oxygens (including phenoxy) is 1. The van der Waals surface area contributed by atoms with Gasteiger partial charge in [0.1, 0.15) is 5.65 Å². The van der Waals surface area contributed by atoms with Crippen LogP contribution in [0.25, 0.3) is 11.0 Å². The molecule has 0 bridgehead atoms. The average molecular weight is 404 g/mol. The average Bonchev–Trinajstić information content (AvgIpc) is 3.22. The topological polar surface area (TPSA) is 104 Å². The monoisotopic (exact) mass is 404 g/mol. The van der Waals surface area contributed by atoms with Gasteiger partial charge in [-0.3, -0.25) is 28.1 Å². The maximum Gasteiger partial charge on any atom is 0.332 e. The largest absolute Gasteiger partial charge is 0.376 e. The zero-order valence-electron chi connectivity index (χ0n) is 17.2. The molecule has 1 fully saturated rings. The molecule has 0 aromatic carbocycles. The number of hydrogen-bond acceptors (Lipinski definition) is 5. The predicted octanol–water partition coefficient (Wildman–Crippen LogP) is 0.591. The van der Waals surface area contributed by atoms with E-state index in [2.05, 4.69) is 5.32 Å². The Balaban J connectivity index is 2.22. The van der Waals surface area contributed by atoms with Crippen molar-refractivity contribution in [3.8, 4) is 0 Å². The van der Waals surface area contributed by atoms with Crippen LogP contribution in [-0.4, -0.2) is 38.9 Å². The van der Waals surface area contributed by atoms with Gasteiger partial charge in [-0.05, 0) is 25.7 Å². The van der Waals surface area contributed by atoms with E-state index in [9.17, 15) is 19.2 Å². The number of nitrogens with zero attached hydrogens (tertiary/aromatic N) is 3. The third kappa shape index (κ3) is 3.91. The highest BCUT2D eigenvalue weighted by Gasteiger charge is 2.23. The smallest absolute Gasteiger partial charge is 0.332 e. The molecule has 1 amide bonds. The molecule has 0 aliphatic carbocycles. The second-order valence-corrected chi connectivity index (χ2v) is 7.39. The van der Waals surface area contributed by atoms with Gasteiger partial charge in [0, 0.05) is 39.4 Å². The summed E-state index contributed by atoms with van der Waals surface area (Å²) < 4.78 is 9.33. The van der Waals surface area contributed by atoms with Crippen molar-refractivity contribution in [2.75, 3.05) is 13.2 Å². The molecule has 0 unspecified atom stereocenters. The molecule has 0 saturated carbocycles. The summed E-state index contributed by atoms with van der Waals surface area (Å²) in [5.41, 5.74) is -1.27. The SMILES string of the molecule is CCCn1c(=O)c2c(C(=O)NC[C@H]3CCCO3)cc(=O)n(CCC)c2n(C)c1=O. The molecule has 158 valence electrons. The summed E-state index contributed by atoms with van der Waals surface area (Å²) in [6, 6.07) is 1.20. The number of aromatic nitrogens is 3.